The fourth-order valence-electron chi connectivity index (χ4n) is 3.74. The molecule has 0 spiro atoms. The monoisotopic (exact) mass is 408 g/mol. The lowest BCUT2D eigenvalue weighted by Gasteiger charge is -2.20. The molecule has 0 radical (unpaired) electrons. The van der Waals surface area contributed by atoms with Crippen molar-refractivity contribution in [3.05, 3.63) is 75.2 Å². The Bertz CT molecular complexity index is 965. The molecule has 5 nitrogen and oxygen atoms in total. The highest BCUT2D eigenvalue weighted by Crippen LogP contribution is 2.28. The van der Waals surface area contributed by atoms with Crippen molar-refractivity contribution in [3.8, 4) is 0 Å². The zero-order valence-corrected chi connectivity index (χ0v) is 18.1. The number of aliphatic hydroxyl groups excluding tert-OH is 1. The van der Waals surface area contributed by atoms with E-state index in [-0.39, 0.29) is 29.5 Å². The Balaban J connectivity index is 1.96. The lowest BCUT2D eigenvalue weighted by atomic mass is 9.86. The van der Waals surface area contributed by atoms with Gasteiger partial charge in [0.25, 0.3) is 5.56 Å². The second-order valence-electron chi connectivity index (χ2n) is 9.03. The van der Waals surface area contributed by atoms with Crippen molar-refractivity contribution in [1.82, 2.24) is 10.3 Å². The fourth-order valence-corrected chi connectivity index (χ4v) is 3.74. The quantitative estimate of drug-likeness (QED) is 0.611. The molecular formula is C25H32N2O3. The molecule has 1 fully saturated rings. The van der Waals surface area contributed by atoms with Gasteiger partial charge in [-0.15, -0.1) is 0 Å². The Labute approximate surface area is 178 Å². The van der Waals surface area contributed by atoms with Crippen LogP contribution in [0.4, 0.5) is 0 Å². The molecule has 2 heterocycles. The molecule has 160 valence electrons. The van der Waals surface area contributed by atoms with Crippen LogP contribution in [0.15, 0.2) is 47.3 Å². The summed E-state index contributed by atoms with van der Waals surface area (Å²) < 4.78 is 0. The number of aromatic nitrogens is 1. The highest BCUT2D eigenvalue weighted by Gasteiger charge is 2.21. The van der Waals surface area contributed by atoms with E-state index in [0.29, 0.717) is 19.3 Å². The van der Waals surface area contributed by atoms with Crippen LogP contribution >= 0.6 is 0 Å². The molecule has 1 aromatic heterocycles. The van der Waals surface area contributed by atoms with Crippen molar-refractivity contribution in [2.24, 2.45) is 0 Å². The van der Waals surface area contributed by atoms with Crippen molar-refractivity contribution >= 4 is 11.5 Å². The largest absolute Gasteiger partial charge is 0.396 e. The second kappa shape index (κ2) is 9.43. The van der Waals surface area contributed by atoms with E-state index in [2.05, 4.69) is 55.3 Å². The van der Waals surface area contributed by atoms with E-state index < -0.39 is 0 Å². The number of benzene rings is 1. The molecule has 30 heavy (non-hydrogen) atoms. The van der Waals surface area contributed by atoms with Crippen molar-refractivity contribution in [1.29, 1.82) is 0 Å². The number of rotatable bonds is 7. The summed E-state index contributed by atoms with van der Waals surface area (Å²) in [4.78, 5) is 27.3. The third-order valence-corrected chi connectivity index (χ3v) is 5.59. The molecule has 0 aliphatic carbocycles. The van der Waals surface area contributed by atoms with Crippen molar-refractivity contribution in [3.63, 3.8) is 0 Å². The number of hydrogen-bond donors (Lipinski definition) is 3. The van der Waals surface area contributed by atoms with E-state index in [0.717, 1.165) is 35.2 Å². The molecule has 2 aromatic rings. The Morgan fingerprint density at radius 2 is 1.83 bits per heavy atom. The van der Waals surface area contributed by atoms with E-state index in [1.807, 2.05) is 18.2 Å². The smallest absolute Gasteiger partial charge is 0.251 e. The number of carbonyl (C=O) groups is 1. The number of H-pyrrole nitrogens is 1. The molecule has 1 amide bonds. The van der Waals surface area contributed by atoms with Crippen LogP contribution in [0.1, 0.15) is 68.8 Å². The van der Waals surface area contributed by atoms with Gasteiger partial charge in [0.2, 0.25) is 5.91 Å². The third kappa shape index (κ3) is 5.48. The minimum atomic E-state index is -0.0990. The number of pyridine rings is 1. The van der Waals surface area contributed by atoms with E-state index in [9.17, 15) is 9.59 Å². The third-order valence-electron chi connectivity index (χ3n) is 5.59. The van der Waals surface area contributed by atoms with Gasteiger partial charge in [-0.25, -0.2) is 0 Å². The van der Waals surface area contributed by atoms with Gasteiger partial charge in [0.15, 0.2) is 0 Å². The summed E-state index contributed by atoms with van der Waals surface area (Å²) in [5.74, 6) is 0.0615. The number of unbranched alkanes of at least 4 members (excludes halogenated alkanes) is 1. The Hall–Kier alpha value is -2.66. The molecule has 3 rings (SSSR count). The maximum atomic E-state index is 12.6. The number of aliphatic hydroxyl groups is 1. The molecule has 3 N–H and O–H groups in total. The summed E-state index contributed by atoms with van der Waals surface area (Å²) in [6, 6.07) is 12.2. The molecule has 1 aliphatic heterocycles. The lowest BCUT2D eigenvalue weighted by molar-refractivity contribution is -0.119. The number of aryl methyl sites for hydroxylation is 1. The molecule has 0 saturated carbocycles. The fraction of sp³-hybridized carbons (Fsp3) is 0.440. The molecule has 1 saturated heterocycles. The van der Waals surface area contributed by atoms with Crippen molar-refractivity contribution in [2.45, 2.75) is 64.3 Å². The van der Waals surface area contributed by atoms with Crippen molar-refractivity contribution in [2.75, 3.05) is 6.61 Å². The first kappa shape index (κ1) is 22.0. The van der Waals surface area contributed by atoms with Crippen LogP contribution in [-0.4, -0.2) is 28.6 Å². The topological polar surface area (TPSA) is 82.2 Å². The van der Waals surface area contributed by atoms with Gasteiger partial charge in [-0.05, 0) is 48.3 Å². The normalized spacial score (nSPS) is 17.3. The van der Waals surface area contributed by atoms with Crippen molar-refractivity contribution < 1.29 is 9.90 Å². The summed E-state index contributed by atoms with van der Waals surface area (Å²) in [5, 5.41) is 11.9. The molecular weight excluding hydrogens is 376 g/mol. The highest BCUT2D eigenvalue weighted by molar-refractivity contribution is 5.82. The van der Waals surface area contributed by atoms with E-state index >= 15 is 0 Å². The van der Waals surface area contributed by atoms with Gasteiger partial charge in [0, 0.05) is 35.9 Å². The molecule has 1 atom stereocenters. The van der Waals surface area contributed by atoms with Crippen LogP contribution in [0.3, 0.4) is 0 Å². The van der Waals surface area contributed by atoms with Gasteiger partial charge >= 0.3 is 0 Å². The lowest BCUT2D eigenvalue weighted by Crippen LogP contribution is -2.24. The van der Waals surface area contributed by atoms with E-state index in [1.54, 1.807) is 0 Å². The predicted octanol–water partition coefficient (Wildman–Crippen LogP) is 3.70. The zero-order chi connectivity index (χ0) is 21.7. The minimum Gasteiger partial charge on any atom is -0.396 e. The second-order valence-corrected chi connectivity index (χ2v) is 9.03. The van der Waals surface area contributed by atoms with Crippen LogP contribution < -0.4 is 10.9 Å². The molecule has 1 aliphatic rings. The van der Waals surface area contributed by atoms with Gasteiger partial charge in [-0.3, -0.25) is 9.59 Å². The zero-order valence-electron chi connectivity index (χ0n) is 18.1. The van der Waals surface area contributed by atoms with Gasteiger partial charge in [-0.2, -0.15) is 0 Å². The van der Waals surface area contributed by atoms with Gasteiger partial charge in [-0.1, -0.05) is 57.2 Å². The van der Waals surface area contributed by atoms with E-state index in [1.165, 1.54) is 5.56 Å². The first-order valence-corrected chi connectivity index (χ1v) is 10.7. The maximum Gasteiger partial charge on any atom is 0.251 e. The molecule has 1 aromatic carbocycles. The maximum absolute atomic E-state index is 12.6. The Morgan fingerprint density at radius 3 is 2.40 bits per heavy atom. The van der Waals surface area contributed by atoms with Crippen LogP contribution in [0.25, 0.3) is 5.57 Å². The summed E-state index contributed by atoms with van der Waals surface area (Å²) in [6.07, 6.45) is 5.45. The van der Waals surface area contributed by atoms with Gasteiger partial charge in [0.1, 0.15) is 0 Å². The number of nitrogens with one attached hydrogen (secondary N) is 2. The van der Waals surface area contributed by atoms with Crippen LogP contribution in [0, 0.1) is 0 Å². The summed E-state index contributed by atoms with van der Waals surface area (Å²) in [6.45, 7) is 6.68. The number of aromatic amines is 1. The average Bonchev–Trinajstić information content (AvgIpc) is 3.12. The predicted molar refractivity (Wildman–Crippen MR) is 120 cm³/mol. The summed E-state index contributed by atoms with van der Waals surface area (Å²) in [7, 11) is 0. The Kier molecular flexibility index (Phi) is 6.93. The molecule has 5 heteroatoms. The van der Waals surface area contributed by atoms with Crippen LogP contribution in [0.2, 0.25) is 0 Å². The summed E-state index contributed by atoms with van der Waals surface area (Å²) in [5.41, 5.74) is 4.60. The van der Waals surface area contributed by atoms with Gasteiger partial charge in [0.05, 0.1) is 0 Å². The Morgan fingerprint density at radius 1 is 1.10 bits per heavy atom. The SMILES string of the molecule is CC(C)(C)c1ccc(C(=C[C@H]2CCC(=O)N2)c2ccc(CCCCO)c(=O)[nH]2)cc1. The number of hydrogen-bond acceptors (Lipinski definition) is 3. The minimum absolute atomic E-state index is 0.0393. The highest BCUT2D eigenvalue weighted by atomic mass is 16.3. The number of carbonyl (C=O) groups excluding carboxylic acids is 1. The van der Waals surface area contributed by atoms with Crippen LogP contribution in [-0.2, 0) is 16.6 Å². The van der Waals surface area contributed by atoms with Crippen LogP contribution in [0.5, 0.6) is 0 Å². The first-order valence-electron chi connectivity index (χ1n) is 10.7. The summed E-state index contributed by atoms with van der Waals surface area (Å²) >= 11 is 0. The number of amides is 1. The van der Waals surface area contributed by atoms with E-state index in [4.69, 9.17) is 5.11 Å². The van der Waals surface area contributed by atoms with Gasteiger partial charge < -0.3 is 15.4 Å². The standard InChI is InChI=1S/C25H32N2O3/c1-25(2,3)19-10-7-17(8-11-19)21(16-20-12-14-23(29)26-20)22-13-9-18(24(30)27-22)6-4-5-15-28/h7-11,13,16,20,28H,4-6,12,14-15H2,1-3H3,(H,26,29)(H,27,30)/t20-/m1/s1. The molecule has 0 unspecified atom stereocenters. The first-order chi connectivity index (χ1) is 14.3. The average molecular weight is 409 g/mol. The molecule has 0 bridgehead atoms.